The molecule has 1 saturated heterocycles. The number of benzene rings is 1. The van der Waals surface area contributed by atoms with E-state index in [0.717, 1.165) is 69.4 Å². The molecule has 0 saturated carbocycles. The van der Waals surface area contributed by atoms with Gasteiger partial charge in [0.1, 0.15) is 0 Å². The highest BCUT2D eigenvalue weighted by molar-refractivity contribution is 5.49. The minimum atomic E-state index is 0.272. The quantitative estimate of drug-likeness (QED) is 0.810. The maximum Gasteiger partial charge on any atom is 0.197 e. The number of piperidine rings is 1. The van der Waals surface area contributed by atoms with Crippen molar-refractivity contribution in [3.05, 3.63) is 59.2 Å². The first-order valence-corrected chi connectivity index (χ1v) is 9.76. The van der Waals surface area contributed by atoms with Gasteiger partial charge in [-0.05, 0) is 56.7 Å². The van der Waals surface area contributed by atoms with E-state index >= 15 is 0 Å². The lowest BCUT2D eigenvalue weighted by molar-refractivity contribution is 0.170. The molecule has 0 radical (unpaired) electrons. The summed E-state index contributed by atoms with van der Waals surface area (Å²) in [4.78, 5) is 2.54. The Morgan fingerprint density at radius 1 is 0.885 bits per heavy atom. The zero-order valence-electron chi connectivity index (χ0n) is 15.3. The van der Waals surface area contributed by atoms with Crippen LogP contribution in [0.25, 0.3) is 0 Å². The molecule has 2 aromatic rings. The summed E-state index contributed by atoms with van der Waals surface area (Å²) in [5.41, 5.74) is 3.21. The molecule has 2 aliphatic rings. The molecular formula is C22H28N2O2. The third-order valence-corrected chi connectivity index (χ3v) is 5.93. The van der Waals surface area contributed by atoms with Crippen LogP contribution in [0, 0.1) is 5.92 Å². The Morgan fingerprint density at radius 2 is 1.50 bits per heavy atom. The number of rotatable bonds is 5. The van der Waals surface area contributed by atoms with Gasteiger partial charge in [-0.1, -0.05) is 42.5 Å². The van der Waals surface area contributed by atoms with E-state index in [2.05, 4.69) is 47.4 Å². The van der Waals surface area contributed by atoms with Gasteiger partial charge in [-0.2, -0.15) is 0 Å². The summed E-state index contributed by atoms with van der Waals surface area (Å²) in [6, 6.07) is 10.7. The number of fused-ring (bicyclic) bond motifs is 1. The fourth-order valence-electron chi connectivity index (χ4n) is 4.28. The van der Waals surface area contributed by atoms with Crippen LogP contribution in [-0.4, -0.2) is 39.3 Å². The molecule has 26 heavy (non-hydrogen) atoms. The van der Waals surface area contributed by atoms with Crippen LogP contribution in [0.2, 0.25) is 0 Å². The molecule has 1 aliphatic carbocycles. The molecule has 2 N–H and O–H groups in total. The molecule has 138 valence electrons. The molecule has 4 nitrogen and oxygen atoms in total. The zero-order chi connectivity index (χ0) is 17.9. The molecule has 1 aliphatic heterocycles. The van der Waals surface area contributed by atoms with Crippen LogP contribution in [0.15, 0.2) is 42.5 Å². The Hall–Kier alpha value is -2.20. The average molecular weight is 352 g/mol. The second-order valence-corrected chi connectivity index (χ2v) is 7.62. The molecule has 4 heteroatoms. The van der Waals surface area contributed by atoms with Gasteiger partial charge in [0.25, 0.3) is 0 Å². The Morgan fingerprint density at radius 3 is 2.12 bits per heavy atom. The smallest absolute Gasteiger partial charge is 0.197 e. The second-order valence-electron chi connectivity index (χ2n) is 7.62. The lowest BCUT2D eigenvalue weighted by Crippen LogP contribution is -2.36. The van der Waals surface area contributed by atoms with Crippen molar-refractivity contribution in [2.45, 2.75) is 38.6 Å². The highest BCUT2D eigenvalue weighted by atomic mass is 16.3. The van der Waals surface area contributed by atoms with Gasteiger partial charge in [0.05, 0.1) is 0 Å². The van der Waals surface area contributed by atoms with Crippen LogP contribution < -0.4 is 0 Å². The molecule has 0 spiro atoms. The molecule has 0 bridgehead atoms. The molecule has 1 fully saturated rings. The first-order chi connectivity index (χ1) is 12.7. The number of allylic oxidation sites excluding steroid dienone is 2. The fraction of sp³-hybridized carbons (Fsp3) is 0.455. The highest BCUT2D eigenvalue weighted by Gasteiger charge is 2.26. The van der Waals surface area contributed by atoms with E-state index in [1.807, 2.05) is 0 Å². The predicted octanol–water partition coefficient (Wildman–Crippen LogP) is 3.51. The Balaban J connectivity index is 1.31. The Bertz CT molecular complexity index is 740. The summed E-state index contributed by atoms with van der Waals surface area (Å²) >= 11 is 0. The van der Waals surface area contributed by atoms with Gasteiger partial charge in [0, 0.05) is 24.2 Å². The number of likely N-dealkylation sites (tertiary alicyclic amines) is 1. The van der Waals surface area contributed by atoms with E-state index in [-0.39, 0.29) is 11.8 Å². The van der Waals surface area contributed by atoms with E-state index in [4.69, 9.17) is 0 Å². The maximum absolute atomic E-state index is 10.5. The largest absolute Gasteiger partial charge is 0.494 e. The van der Waals surface area contributed by atoms with E-state index in [0.29, 0.717) is 5.92 Å². The minimum absolute atomic E-state index is 0.272. The summed E-state index contributed by atoms with van der Waals surface area (Å²) in [6.45, 7) is 4.02. The molecule has 0 atom stereocenters. The van der Waals surface area contributed by atoms with Gasteiger partial charge in [-0.25, -0.2) is 0 Å². The number of aromatic hydroxyl groups is 2. The predicted molar refractivity (Wildman–Crippen MR) is 104 cm³/mol. The van der Waals surface area contributed by atoms with Crippen molar-refractivity contribution < 1.29 is 10.2 Å². The van der Waals surface area contributed by atoms with E-state index in [1.54, 1.807) is 4.57 Å². The SMILES string of the molecule is Oc1c2c(c(O)n1CC1CCN(CCc3ccccc3)CC1)CC=CC2. The molecule has 1 aromatic carbocycles. The molecule has 0 amide bonds. The Kier molecular flexibility index (Phi) is 5.02. The van der Waals surface area contributed by atoms with Gasteiger partial charge in [-0.3, -0.25) is 4.57 Å². The summed E-state index contributed by atoms with van der Waals surface area (Å²) in [5.74, 6) is 1.06. The summed E-state index contributed by atoms with van der Waals surface area (Å²) in [5, 5.41) is 21.0. The lowest BCUT2D eigenvalue weighted by atomic mass is 9.96. The second kappa shape index (κ2) is 7.58. The van der Waals surface area contributed by atoms with Crippen molar-refractivity contribution in [1.82, 2.24) is 9.47 Å². The van der Waals surface area contributed by atoms with Crippen LogP contribution in [0.5, 0.6) is 11.8 Å². The summed E-state index contributed by atoms with van der Waals surface area (Å²) in [6.07, 6.45) is 8.92. The lowest BCUT2D eigenvalue weighted by Gasteiger charge is -2.32. The van der Waals surface area contributed by atoms with E-state index < -0.39 is 0 Å². The molecule has 4 rings (SSSR count). The average Bonchev–Trinajstić information content (AvgIpc) is 2.93. The third-order valence-electron chi connectivity index (χ3n) is 5.93. The topological polar surface area (TPSA) is 48.6 Å². The van der Waals surface area contributed by atoms with Crippen LogP contribution in [-0.2, 0) is 25.8 Å². The van der Waals surface area contributed by atoms with Crippen molar-refractivity contribution in [3.63, 3.8) is 0 Å². The summed E-state index contributed by atoms with van der Waals surface area (Å²) in [7, 11) is 0. The van der Waals surface area contributed by atoms with Gasteiger partial charge >= 0.3 is 0 Å². The number of aromatic nitrogens is 1. The van der Waals surface area contributed by atoms with Crippen molar-refractivity contribution in [2.24, 2.45) is 5.92 Å². The first-order valence-electron chi connectivity index (χ1n) is 9.76. The number of hydrogen-bond acceptors (Lipinski definition) is 3. The van der Waals surface area contributed by atoms with Gasteiger partial charge in [0.15, 0.2) is 11.8 Å². The van der Waals surface area contributed by atoms with E-state index in [9.17, 15) is 10.2 Å². The molecule has 0 unspecified atom stereocenters. The van der Waals surface area contributed by atoms with Crippen LogP contribution in [0.3, 0.4) is 0 Å². The number of hydrogen-bond donors (Lipinski definition) is 2. The van der Waals surface area contributed by atoms with Crippen molar-refractivity contribution in [3.8, 4) is 11.8 Å². The zero-order valence-corrected chi connectivity index (χ0v) is 15.3. The fourth-order valence-corrected chi connectivity index (χ4v) is 4.28. The first kappa shape index (κ1) is 17.2. The highest BCUT2D eigenvalue weighted by Crippen LogP contribution is 2.38. The van der Waals surface area contributed by atoms with Gasteiger partial charge in [-0.15, -0.1) is 0 Å². The van der Waals surface area contributed by atoms with E-state index in [1.165, 1.54) is 5.56 Å². The summed E-state index contributed by atoms with van der Waals surface area (Å²) < 4.78 is 1.74. The van der Waals surface area contributed by atoms with Gasteiger partial charge < -0.3 is 15.1 Å². The van der Waals surface area contributed by atoms with Crippen LogP contribution in [0.1, 0.15) is 29.5 Å². The molecular weight excluding hydrogens is 324 g/mol. The number of nitrogens with zero attached hydrogens (tertiary/aromatic N) is 2. The van der Waals surface area contributed by atoms with Gasteiger partial charge in [0.2, 0.25) is 0 Å². The van der Waals surface area contributed by atoms with Crippen molar-refractivity contribution in [1.29, 1.82) is 0 Å². The standard InChI is InChI=1S/C22H28N2O2/c25-21-19-8-4-5-9-20(19)22(26)24(21)16-18-11-14-23(15-12-18)13-10-17-6-2-1-3-7-17/h1-7,18,25-26H,8-16H2. The maximum atomic E-state index is 10.5. The molecule has 1 aromatic heterocycles. The third kappa shape index (κ3) is 3.51. The molecule has 2 heterocycles. The van der Waals surface area contributed by atoms with Crippen molar-refractivity contribution >= 4 is 0 Å². The van der Waals surface area contributed by atoms with Crippen LogP contribution in [0.4, 0.5) is 0 Å². The normalized spacial score (nSPS) is 18.2. The Labute approximate surface area is 155 Å². The van der Waals surface area contributed by atoms with Crippen molar-refractivity contribution in [2.75, 3.05) is 19.6 Å². The van der Waals surface area contributed by atoms with Crippen LogP contribution >= 0.6 is 0 Å². The monoisotopic (exact) mass is 352 g/mol. The minimum Gasteiger partial charge on any atom is -0.494 e.